The first-order valence-electron chi connectivity index (χ1n) is 17.4. The maximum absolute atomic E-state index is 5.01. The van der Waals surface area contributed by atoms with E-state index in [4.69, 9.17) is 15.0 Å². The molecule has 0 unspecified atom stereocenters. The van der Waals surface area contributed by atoms with Gasteiger partial charge in [0, 0.05) is 53.5 Å². The Morgan fingerprint density at radius 3 is 1.54 bits per heavy atom. The number of hydrogen-bond acceptors (Lipinski definition) is 3. The van der Waals surface area contributed by atoms with Gasteiger partial charge >= 0.3 is 0 Å². The van der Waals surface area contributed by atoms with Gasteiger partial charge in [-0.25, -0.2) is 15.0 Å². The van der Waals surface area contributed by atoms with E-state index in [1.165, 1.54) is 36.1 Å². The summed E-state index contributed by atoms with van der Waals surface area (Å²) in [6, 6.07) is 66.9. The van der Waals surface area contributed by atoms with Gasteiger partial charge in [-0.3, -0.25) is 0 Å². The molecule has 0 bridgehead atoms. The minimum Gasteiger partial charge on any atom is -0.316 e. The van der Waals surface area contributed by atoms with Crippen LogP contribution in [0.4, 0.5) is 0 Å². The van der Waals surface area contributed by atoms with E-state index in [9.17, 15) is 0 Å². The first-order valence-corrected chi connectivity index (χ1v) is 19.1. The first kappa shape index (κ1) is 30.3. The smallest absolute Gasteiger partial charge is 0.164 e. The van der Waals surface area contributed by atoms with Crippen LogP contribution in [0.25, 0.3) is 61.9 Å². The summed E-state index contributed by atoms with van der Waals surface area (Å²) in [5.74, 6) is 1.94. The maximum Gasteiger partial charge on any atom is 0.164 e. The SMILES string of the molecule is c1ccc(-c2nc(-c3ccccc3)nc(-c3cccc(-n4ccc5c6c(ccc54)-c4ccccc4S6(c4ccccc4)c4ccccc4)c3)n2)cc1. The summed E-state index contributed by atoms with van der Waals surface area (Å²) in [6.45, 7) is 0. The van der Waals surface area contributed by atoms with Crippen molar-refractivity contribution in [3.63, 3.8) is 0 Å². The molecular weight excluding hydrogens is 653 g/mol. The molecule has 1 aliphatic heterocycles. The highest BCUT2D eigenvalue weighted by Gasteiger charge is 2.43. The third-order valence-electron chi connectivity index (χ3n) is 9.91. The first-order chi connectivity index (χ1) is 25.8. The summed E-state index contributed by atoms with van der Waals surface area (Å²) >= 11 is 0. The second kappa shape index (κ2) is 12.3. The van der Waals surface area contributed by atoms with Crippen LogP contribution in [0.15, 0.2) is 214 Å². The fourth-order valence-corrected chi connectivity index (χ4v) is 12.0. The lowest BCUT2D eigenvalue weighted by molar-refractivity contribution is 1.07. The van der Waals surface area contributed by atoms with E-state index in [1.807, 2.05) is 60.7 Å². The quantitative estimate of drug-likeness (QED) is 0.175. The molecule has 0 amide bonds. The van der Waals surface area contributed by atoms with E-state index in [2.05, 4.69) is 138 Å². The number of fused-ring (bicyclic) bond motifs is 5. The van der Waals surface area contributed by atoms with Gasteiger partial charge in [-0.15, -0.1) is 10.0 Å². The Bertz CT molecular complexity index is 2630. The Morgan fingerprint density at radius 2 is 0.923 bits per heavy atom. The zero-order valence-electron chi connectivity index (χ0n) is 28.2. The van der Waals surface area contributed by atoms with E-state index in [-0.39, 0.29) is 0 Å². The van der Waals surface area contributed by atoms with E-state index >= 15 is 0 Å². The molecule has 0 aliphatic carbocycles. The fourth-order valence-electron chi connectivity index (χ4n) is 7.63. The molecule has 0 N–H and O–H groups in total. The number of benzene rings is 7. The Balaban J connectivity index is 1.17. The predicted molar refractivity (Wildman–Crippen MR) is 212 cm³/mol. The van der Waals surface area contributed by atoms with Gasteiger partial charge in [-0.1, -0.05) is 133 Å². The second-order valence-electron chi connectivity index (χ2n) is 12.9. The molecule has 10 rings (SSSR count). The van der Waals surface area contributed by atoms with Crippen molar-refractivity contribution in [2.45, 2.75) is 19.6 Å². The summed E-state index contributed by atoms with van der Waals surface area (Å²) in [6.07, 6.45) is 2.21. The summed E-state index contributed by atoms with van der Waals surface area (Å²) in [7, 11) is -1.79. The third-order valence-corrected chi connectivity index (χ3v) is 13.9. The maximum atomic E-state index is 5.01. The highest BCUT2D eigenvalue weighted by molar-refractivity contribution is 8.34. The summed E-state index contributed by atoms with van der Waals surface area (Å²) < 4.78 is 2.31. The van der Waals surface area contributed by atoms with Gasteiger partial charge in [0.15, 0.2) is 17.5 Å². The fraction of sp³-hybridized carbons (Fsp3) is 0. The number of nitrogens with zero attached hydrogens (tertiary/aromatic N) is 4. The van der Waals surface area contributed by atoms with E-state index in [0.717, 1.165) is 27.9 Å². The molecule has 1 aliphatic rings. The van der Waals surface area contributed by atoms with Crippen LogP contribution in [-0.2, 0) is 0 Å². The monoisotopic (exact) mass is 684 g/mol. The molecular formula is C47H32N4S. The van der Waals surface area contributed by atoms with Crippen LogP contribution in [0.3, 0.4) is 0 Å². The Kier molecular flexibility index (Phi) is 7.18. The van der Waals surface area contributed by atoms with Gasteiger partial charge in [-0.05, 0) is 65.7 Å². The molecule has 3 heterocycles. The van der Waals surface area contributed by atoms with Gasteiger partial charge in [0.25, 0.3) is 0 Å². The van der Waals surface area contributed by atoms with Crippen molar-refractivity contribution in [3.05, 3.63) is 194 Å². The molecule has 0 saturated carbocycles. The Hall–Kier alpha value is -6.56. The van der Waals surface area contributed by atoms with Gasteiger partial charge in [0.05, 0.1) is 5.52 Å². The highest BCUT2D eigenvalue weighted by Crippen LogP contribution is 2.81. The molecule has 0 fully saturated rings. The summed E-state index contributed by atoms with van der Waals surface area (Å²) in [4.78, 5) is 20.4. The van der Waals surface area contributed by atoms with Crippen molar-refractivity contribution in [1.82, 2.24) is 19.5 Å². The van der Waals surface area contributed by atoms with Crippen LogP contribution in [0, 0.1) is 0 Å². The third kappa shape index (κ3) is 4.74. The van der Waals surface area contributed by atoms with Crippen LogP contribution in [0.5, 0.6) is 0 Å². The minimum absolute atomic E-state index is 0.638. The molecule has 0 radical (unpaired) electrons. The topological polar surface area (TPSA) is 43.6 Å². The van der Waals surface area contributed by atoms with Crippen molar-refractivity contribution in [2.24, 2.45) is 0 Å². The van der Waals surface area contributed by atoms with Crippen LogP contribution >= 0.6 is 10.0 Å². The average Bonchev–Trinajstić information content (AvgIpc) is 3.80. The molecule has 0 saturated heterocycles. The van der Waals surface area contributed by atoms with Crippen LogP contribution in [-0.4, -0.2) is 19.5 Å². The van der Waals surface area contributed by atoms with Gasteiger partial charge in [0.1, 0.15) is 0 Å². The lowest BCUT2D eigenvalue weighted by atomic mass is 10.0. The standard InChI is InChI=1S/C47H32N4S/c1-5-16-33(17-6-1)45-48-46(34-18-7-2-8-19-34)50-47(49-45)35-20-15-21-36(32-35)51-31-30-41-42(51)29-28-40-39-26-13-14-27-43(39)52(44(40)41,37-22-9-3-10-23-37)38-24-11-4-12-25-38/h1-32H. The Morgan fingerprint density at radius 1 is 0.404 bits per heavy atom. The zero-order chi connectivity index (χ0) is 34.5. The van der Waals surface area contributed by atoms with Gasteiger partial charge in [0.2, 0.25) is 0 Å². The predicted octanol–water partition coefficient (Wildman–Crippen LogP) is 12.1. The van der Waals surface area contributed by atoms with Crippen molar-refractivity contribution < 1.29 is 0 Å². The van der Waals surface area contributed by atoms with E-state index in [0.29, 0.717) is 17.5 Å². The molecule has 0 atom stereocenters. The number of rotatable bonds is 6. The summed E-state index contributed by atoms with van der Waals surface area (Å²) in [5.41, 5.74) is 7.67. The zero-order valence-corrected chi connectivity index (χ0v) is 29.0. The normalized spacial score (nSPS) is 13.4. The van der Waals surface area contributed by atoms with Crippen molar-refractivity contribution >= 4 is 20.9 Å². The molecule has 5 heteroatoms. The number of aromatic nitrogens is 4. The molecule has 2 aromatic heterocycles. The Labute approximate surface area is 304 Å². The van der Waals surface area contributed by atoms with Crippen LogP contribution in [0.2, 0.25) is 0 Å². The molecule has 9 aromatic rings. The van der Waals surface area contributed by atoms with Gasteiger partial charge in [-0.2, -0.15) is 0 Å². The van der Waals surface area contributed by atoms with Crippen molar-refractivity contribution in [3.8, 4) is 51.0 Å². The average molecular weight is 685 g/mol. The van der Waals surface area contributed by atoms with Crippen LogP contribution in [0.1, 0.15) is 0 Å². The van der Waals surface area contributed by atoms with Crippen molar-refractivity contribution in [1.29, 1.82) is 0 Å². The minimum atomic E-state index is -1.79. The molecule has 4 nitrogen and oxygen atoms in total. The van der Waals surface area contributed by atoms with E-state index < -0.39 is 10.0 Å². The van der Waals surface area contributed by atoms with Crippen LogP contribution < -0.4 is 0 Å². The molecule has 52 heavy (non-hydrogen) atoms. The lowest BCUT2D eigenvalue weighted by Crippen LogP contribution is -2.02. The van der Waals surface area contributed by atoms with E-state index in [1.54, 1.807) is 0 Å². The second-order valence-corrected chi connectivity index (χ2v) is 15.9. The summed E-state index contributed by atoms with van der Waals surface area (Å²) in [5, 5.41) is 1.26. The molecule has 246 valence electrons. The largest absolute Gasteiger partial charge is 0.316 e. The van der Waals surface area contributed by atoms with Crippen molar-refractivity contribution in [2.75, 3.05) is 0 Å². The highest BCUT2D eigenvalue weighted by atomic mass is 32.3. The lowest BCUT2D eigenvalue weighted by Gasteiger charge is -2.39. The molecule has 0 spiro atoms. The number of hydrogen-bond donors (Lipinski definition) is 0. The van der Waals surface area contributed by atoms with Gasteiger partial charge < -0.3 is 4.57 Å². The molecule has 7 aromatic carbocycles.